The highest BCUT2D eigenvalue weighted by Gasteiger charge is 2.44. The third kappa shape index (κ3) is 3.44. The van der Waals surface area contributed by atoms with Crippen molar-refractivity contribution in [3.8, 4) is 0 Å². The predicted molar refractivity (Wildman–Crippen MR) is 74.2 cm³/mol. The van der Waals surface area contributed by atoms with E-state index in [4.69, 9.17) is 4.74 Å². The number of aliphatic hydroxyl groups excluding tert-OH is 2. The summed E-state index contributed by atoms with van der Waals surface area (Å²) in [5.41, 5.74) is -1.43. The topological polar surface area (TPSA) is 166 Å². The van der Waals surface area contributed by atoms with Crippen molar-refractivity contribution in [1.29, 1.82) is 0 Å². The van der Waals surface area contributed by atoms with Gasteiger partial charge in [0.05, 0.1) is 5.29 Å². The molecule has 1 aliphatic rings. The minimum absolute atomic E-state index is 0.231. The molecule has 0 radical (unpaired) electrons. The maximum atomic E-state index is 11.7. The lowest BCUT2D eigenvalue weighted by molar-refractivity contribution is -0.0386. The average Bonchev–Trinajstić information content (AvgIpc) is 2.80. The number of hydrogen-bond acceptors (Lipinski definition) is 8. The summed E-state index contributed by atoms with van der Waals surface area (Å²) in [6.45, 7) is -0.231. The minimum Gasteiger partial charge on any atom is -0.387 e. The first kappa shape index (κ1) is 16.8. The van der Waals surface area contributed by atoms with Crippen molar-refractivity contribution in [1.82, 2.24) is 19.9 Å². The number of H-pyrrole nitrogens is 1. The van der Waals surface area contributed by atoms with Crippen molar-refractivity contribution in [2.45, 2.75) is 24.5 Å². The first-order valence-electron chi connectivity index (χ1n) is 6.53. The van der Waals surface area contributed by atoms with Crippen molar-refractivity contribution in [3.63, 3.8) is 0 Å². The van der Waals surface area contributed by atoms with E-state index in [0.29, 0.717) is 5.01 Å². The molecule has 0 aliphatic carbocycles. The Bertz CT molecular complexity index is 700. The van der Waals surface area contributed by atoms with Crippen LogP contribution in [-0.4, -0.2) is 62.7 Å². The van der Waals surface area contributed by atoms with Crippen LogP contribution in [0.25, 0.3) is 0 Å². The number of aromatic amines is 1. The van der Waals surface area contributed by atoms with Crippen molar-refractivity contribution >= 4 is 6.03 Å². The van der Waals surface area contributed by atoms with Crippen molar-refractivity contribution in [2.75, 3.05) is 13.6 Å². The van der Waals surface area contributed by atoms with Crippen molar-refractivity contribution in [2.24, 2.45) is 5.29 Å². The Hall–Kier alpha value is -2.57. The summed E-state index contributed by atoms with van der Waals surface area (Å²) in [6.07, 6.45) is -4.00. The van der Waals surface area contributed by atoms with Crippen LogP contribution in [0.4, 0.5) is 4.79 Å². The summed E-state index contributed by atoms with van der Waals surface area (Å²) in [6, 6.07) is 0.235. The highest BCUT2D eigenvalue weighted by molar-refractivity contribution is 5.73. The van der Waals surface area contributed by atoms with Crippen LogP contribution in [0.5, 0.6) is 0 Å². The van der Waals surface area contributed by atoms with E-state index < -0.39 is 41.8 Å². The van der Waals surface area contributed by atoms with Crippen LogP contribution >= 0.6 is 0 Å². The highest BCUT2D eigenvalue weighted by Crippen LogP contribution is 2.27. The summed E-state index contributed by atoms with van der Waals surface area (Å²) in [5, 5.41) is 25.1. The molecule has 1 aliphatic heterocycles. The molecule has 0 bridgehead atoms. The fourth-order valence-electron chi connectivity index (χ4n) is 2.09. The molecule has 12 heteroatoms. The van der Waals surface area contributed by atoms with Crippen LogP contribution in [0, 0.1) is 4.91 Å². The number of urea groups is 1. The van der Waals surface area contributed by atoms with E-state index in [0.717, 1.165) is 23.9 Å². The molecule has 12 nitrogen and oxygen atoms in total. The van der Waals surface area contributed by atoms with Crippen molar-refractivity contribution in [3.05, 3.63) is 38.0 Å². The summed E-state index contributed by atoms with van der Waals surface area (Å²) in [4.78, 5) is 46.3. The first-order valence-corrected chi connectivity index (χ1v) is 6.53. The number of aromatic nitrogens is 2. The molecule has 0 aromatic carbocycles. The fourth-order valence-corrected chi connectivity index (χ4v) is 2.09. The van der Waals surface area contributed by atoms with Gasteiger partial charge in [-0.25, -0.2) is 9.59 Å². The molecule has 126 valence electrons. The second kappa shape index (κ2) is 6.68. The number of hydrogen-bond donors (Lipinski definition) is 4. The van der Waals surface area contributed by atoms with Gasteiger partial charge in [0.25, 0.3) is 5.56 Å². The van der Waals surface area contributed by atoms with Gasteiger partial charge < -0.3 is 20.3 Å². The Kier molecular flexibility index (Phi) is 4.88. The molecule has 1 aromatic heterocycles. The second-order valence-corrected chi connectivity index (χ2v) is 4.86. The van der Waals surface area contributed by atoms with E-state index in [1.165, 1.54) is 0 Å². The number of nitrogens with zero attached hydrogens (tertiary/aromatic N) is 3. The van der Waals surface area contributed by atoms with Gasteiger partial charge in [0.2, 0.25) is 0 Å². The number of nitrogens with one attached hydrogen (secondary N) is 2. The summed E-state index contributed by atoms with van der Waals surface area (Å²) in [5.74, 6) is 0. The molecule has 2 heterocycles. The van der Waals surface area contributed by atoms with Gasteiger partial charge in [0, 0.05) is 25.9 Å². The molecule has 2 rings (SSSR count). The third-order valence-corrected chi connectivity index (χ3v) is 3.33. The number of rotatable bonds is 4. The number of amides is 2. The lowest BCUT2D eigenvalue weighted by Crippen LogP contribution is -2.42. The third-order valence-electron chi connectivity index (χ3n) is 3.33. The Morgan fingerprint density at radius 3 is 2.78 bits per heavy atom. The Labute approximate surface area is 128 Å². The van der Waals surface area contributed by atoms with Crippen LogP contribution in [0.3, 0.4) is 0 Å². The van der Waals surface area contributed by atoms with Crippen molar-refractivity contribution < 1.29 is 19.7 Å². The Balaban J connectivity index is 2.09. The minimum atomic E-state index is -1.46. The summed E-state index contributed by atoms with van der Waals surface area (Å²) in [7, 11) is 1.13. The standard InChI is InChI=1S/C11H15N5O7/c1-15(14-22)10(20)12-4-5-7(18)8(19)9(23-5)16-3-2-6(17)13-11(16)21/h2-3,5,7-9,18-19H,4H2,1H3,(H,12,20)(H,13,17,21)/t5-,7-,8-,9-/m1/s1. The van der Waals surface area contributed by atoms with Crippen LogP contribution in [0.2, 0.25) is 0 Å². The monoisotopic (exact) mass is 329 g/mol. The average molecular weight is 329 g/mol. The Morgan fingerprint density at radius 1 is 1.48 bits per heavy atom. The fraction of sp³-hybridized carbons (Fsp3) is 0.545. The zero-order valence-corrected chi connectivity index (χ0v) is 11.9. The van der Waals surface area contributed by atoms with Crippen LogP contribution in [0.15, 0.2) is 27.1 Å². The largest absolute Gasteiger partial charge is 0.387 e. The molecule has 1 fully saturated rings. The van der Waals surface area contributed by atoms with E-state index >= 15 is 0 Å². The molecular formula is C11H15N5O7. The molecule has 0 spiro atoms. The van der Waals surface area contributed by atoms with Gasteiger partial charge in [0.1, 0.15) is 18.3 Å². The van der Waals surface area contributed by atoms with E-state index in [1.54, 1.807) is 0 Å². The van der Waals surface area contributed by atoms with Crippen LogP contribution in [0.1, 0.15) is 6.23 Å². The first-order chi connectivity index (χ1) is 10.8. The number of aliphatic hydroxyl groups is 2. The smallest absolute Gasteiger partial charge is 0.340 e. The summed E-state index contributed by atoms with van der Waals surface area (Å²) >= 11 is 0. The predicted octanol–water partition coefficient (Wildman–Crippen LogP) is -2.52. The lowest BCUT2D eigenvalue weighted by Gasteiger charge is -2.17. The van der Waals surface area contributed by atoms with E-state index in [-0.39, 0.29) is 6.54 Å². The normalized spacial score (nSPS) is 26.7. The van der Waals surface area contributed by atoms with Gasteiger partial charge in [-0.15, -0.1) is 4.91 Å². The molecule has 0 unspecified atom stereocenters. The van der Waals surface area contributed by atoms with Gasteiger partial charge in [-0.1, -0.05) is 0 Å². The zero-order chi connectivity index (χ0) is 17.1. The van der Waals surface area contributed by atoms with E-state index in [1.807, 2.05) is 4.98 Å². The maximum absolute atomic E-state index is 11.7. The maximum Gasteiger partial charge on any atom is 0.340 e. The van der Waals surface area contributed by atoms with E-state index in [2.05, 4.69) is 10.6 Å². The van der Waals surface area contributed by atoms with Gasteiger partial charge >= 0.3 is 11.7 Å². The second-order valence-electron chi connectivity index (χ2n) is 4.86. The van der Waals surface area contributed by atoms with Crippen LogP contribution in [-0.2, 0) is 4.74 Å². The molecule has 4 N–H and O–H groups in total. The number of carbonyl (C=O) groups is 1. The van der Waals surface area contributed by atoms with Gasteiger partial charge in [-0.3, -0.25) is 14.3 Å². The molecule has 0 saturated carbocycles. The molecule has 1 saturated heterocycles. The van der Waals surface area contributed by atoms with E-state index in [9.17, 15) is 29.5 Å². The Morgan fingerprint density at radius 2 is 2.17 bits per heavy atom. The van der Waals surface area contributed by atoms with Gasteiger partial charge in [-0.05, 0) is 0 Å². The summed E-state index contributed by atoms with van der Waals surface area (Å²) < 4.78 is 6.27. The quantitative estimate of drug-likeness (QED) is 0.349. The number of carbonyl (C=O) groups excluding carboxylic acids is 1. The lowest BCUT2D eigenvalue weighted by atomic mass is 10.1. The molecule has 23 heavy (non-hydrogen) atoms. The molecule has 4 atom stereocenters. The number of nitroso groups, excluding NO2 is 1. The number of ether oxygens (including phenoxy) is 1. The van der Waals surface area contributed by atoms with Crippen LogP contribution < -0.4 is 16.6 Å². The highest BCUT2D eigenvalue weighted by atomic mass is 16.6. The zero-order valence-electron chi connectivity index (χ0n) is 11.9. The molecule has 2 amide bonds. The molecular weight excluding hydrogens is 314 g/mol. The molecule has 1 aromatic rings. The van der Waals surface area contributed by atoms with Gasteiger partial charge in [0.15, 0.2) is 6.23 Å². The van der Waals surface area contributed by atoms with Gasteiger partial charge in [-0.2, -0.15) is 5.01 Å². The SMILES string of the molecule is CN(N=O)C(=O)NC[C@H]1O[C@@H](n2ccc(=O)[nH]c2=O)[C@H](O)[C@@H]1O.